The van der Waals surface area contributed by atoms with Gasteiger partial charge >= 0.3 is 0 Å². The minimum atomic E-state index is 0.681. The van der Waals surface area contributed by atoms with Gasteiger partial charge in [0.2, 0.25) is 0 Å². The van der Waals surface area contributed by atoms with Gasteiger partial charge in [0.15, 0.2) is 0 Å². The lowest BCUT2D eigenvalue weighted by Crippen LogP contribution is -1.88. The van der Waals surface area contributed by atoms with Crippen molar-refractivity contribution in [2.75, 3.05) is 0 Å². The van der Waals surface area contributed by atoms with E-state index in [0.29, 0.717) is 5.41 Å². The molecule has 64 valence electrons. The molecule has 1 atom stereocenters. The molecule has 1 aliphatic rings. The van der Waals surface area contributed by atoms with Crippen LogP contribution in [0.15, 0.2) is 12.2 Å². The molecule has 0 nitrogen and oxygen atoms in total. The molecule has 1 fully saturated rings. The molecule has 0 aromatic heterocycles. The second-order valence-electron chi connectivity index (χ2n) is 4.35. The highest BCUT2D eigenvalue weighted by atomic mass is 14.5. The van der Waals surface area contributed by atoms with Gasteiger partial charge in [0.25, 0.3) is 0 Å². The molecule has 0 radical (unpaired) electrons. The molecule has 0 aliphatic heterocycles. The van der Waals surface area contributed by atoms with Crippen molar-refractivity contribution in [2.24, 2.45) is 11.3 Å². The highest BCUT2D eigenvalue weighted by Gasteiger charge is 2.44. The van der Waals surface area contributed by atoms with Gasteiger partial charge in [-0.2, -0.15) is 0 Å². The SMILES string of the molecule is CC/C=C/CCC1CC1(C)C. The fraction of sp³-hybridized carbons (Fsp3) is 0.818. The molecular weight excluding hydrogens is 132 g/mol. The van der Waals surface area contributed by atoms with Crippen molar-refractivity contribution in [2.45, 2.75) is 46.5 Å². The lowest BCUT2D eigenvalue weighted by molar-refractivity contribution is 0.536. The third kappa shape index (κ3) is 2.69. The van der Waals surface area contributed by atoms with E-state index in [2.05, 4.69) is 32.9 Å². The second-order valence-corrected chi connectivity index (χ2v) is 4.35. The molecule has 1 aliphatic carbocycles. The van der Waals surface area contributed by atoms with Crippen LogP contribution in [0.2, 0.25) is 0 Å². The molecule has 0 heteroatoms. The van der Waals surface area contributed by atoms with Gasteiger partial charge in [-0.15, -0.1) is 0 Å². The largest absolute Gasteiger partial charge is 0.0888 e. The molecule has 1 unspecified atom stereocenters. The lowest BCUT2D eigenvalue weighted by atomic mass is 10.1. The van der Waals surface area contributed by atoms with E-state index < -0.39 is 0 Å². The van der Waals surface area contributed by atoms with Crippen molar-refractivity contribution >= 4 is 0 Å². The standard InChI is InChI=1S/C11H20/c1-4-5-6-7-8-10-9-11(10,2)3/h5-6,10H,4,7-9H2,1-3H3/b6-5+. The first-order valence-corrected chi connectivity index (χ1v) is 4.82. The Morgan fingerprint density at radius 2 is 2.00 bits per heavy atom. The van der Waals surface area contributed by atoms with Crippen LogP contribution in [0.4, 0.5) is 0 Å². The molecule has 0 aromatic rings. The monoisotopic (exact) mass is 152 g/mol. The number of hydrogen-bond acceptors (Lipinski definition) is 0. The third-order valence-corrected chi connectivity index (χ3v) is 2.80. The Bertz CT molecular complexity index is 142. The highest BCUT2D eigenvalue weighted by molar-refractivity contribution is 4.96. The Morgan fingerprint density at radius 1 is 1.36 bits per heavy atom. The zero-order valence-electron chi connectivity index (χ0n) is 8.06. The molecule has 0 amide bonds. The molecule has 0 N–H and O–H groups in total. The first kappa shape index (κ1) is 8.83. The van der Waals surface area contributed by atoms with Crippen LogP contribution in [0.3, 0.4) is 0 Å². The van der Waals surface area contributed by atoms with Crippen LogP contribution in [0.25, 0.3) is 0 Å². The van der Waals surface area contributed by atoms with E-state index in [1.807, 2.05) is 0 Å². The van der Waals surface area contributed by atoms with Crippen molar-refractivity contribution in [1.82, 2.24) is 0 Å². The first-order chi connectivity index (χ1) is 5.17. The summed E-state index contributed by atoms with van der Waals surface area (Å²) < 4.78 is 0. The quantitative estimate of drug-likeness (QED) is 0.538. The van der Waals surface area contributed by atoms with Crippen LogP contribution in [0.5, 0.6) is 0 Å². The van der Waals surface area contributed by atoms with E-state index in [1.165, 1.54) is 25.7 Å². The smallest absolute Gasteiger partial charge is 0.0323 e. The van der Waals surface area contributed by atoms with Crippen molar-refractivity contribution in [3.8, 4) is 0 Å². The van der Waals surface area contributed by atoms with Crippen LogP contribution in [-0.4, -0.2) is 0 Å². The average molecular weight is 152 g/mol. The van der Waals surface area contributed by atoms with Gasteiger partial charge in [-0.3, -0.25) is 0 Å². The molecule has 1 saturated carbocycles. The van der Waals surface area contributed by atoms with Crippen molar-refractivity contribution < 1.29 is 0 Å². The average Bonchev–Trinajstić information content (AvgIpc) is 2.52. The minimum Gasteiger partial charge on any atom is -0.0888 e. The maximum atomic E-state index is 2.38. The van der Waals surface area contributed by atoms with Gasteiger partial charge in [-0.25, -0.2) is 0 Å². The summed E-state index contributed by atoms with van der Waals surface area (Å²) in [6.45, 7) is 6.94. The van der Waals surface area contributed by atoms with Gasteiger partial charge in [-0.05, 0) is 37.0 Å². The minimum absolute atomic E-state index is 0.681. The van der Waals surface area contributed by atoms with Gasteiger partial charge in [0.1, 0.15) is 0 Å². The zero-order valence-corrected chi connectivity index (χ0v) is 8.06. The number of rotatable bonds is 4. The first-order valence-electron chi connectivity index (χ1n) is 4.82. The normalized spacial score (nSPS) is 27.7. The van der Waals surface area contributed by atoms with Crippen LogP contribution in [-0.2, 0) is 0 Å². The van der Waals surface area contributed by atoms with E-state index >= 15 is 0 Å². The van der Waals surface area contributed by atoms with E-state index in [0.717, 1.165) is 5.92 Å². The Balaban J connectivity index is 2.02. The maximum Gasteiger partial charge on any atom is -0.0323 e. The van der Waals surface area contributed by atoms with Crippen LogP contribution >= 0.6 is 0 Å². The van der Waals surface area contributed by atoms with Crippen LogP contribution in [0.1, 0.15) is 46.5 Å². The predicted octanol–water partition coefficient (Wildman–Crippen LogP) is 3.78. The summed E-state index contributed by atoms with van der Waals surface area (Å²) in [5.74, 6) is 1.02. The Labute approximate surface area is 70.7 Å². The number of hydrogen-bond donors (Lipinski definition) is 0. The Morgan fingerprint density at radius 3 is 2.45 bits per heavy atom. The third-order valence-electron chi connectivity index (χ3n) is 2.80. The summed E-state index contributed by atoms with van der Waals surface area (Å²) in [5, 5.41) is 0. The second kappa shape index (κ2) is 3.42. The molecule has 0 heterocycles. The summed E-state index contributed by atoms with van der Waals surface area (Å²) in [4.78, 5) is 0. The Hall–Kier alpha value is -0.260. The summed E-state index contributed by atoms with van der Waals surface area (Å²) in [5.41, 5.74) is 0.681. The van der Waals surface area contributed by atoms with E-state index in [-0.39, 0.29) is 0 Å². The fourth-order valence-electron chi connectivity index (χ4n) is 1.65. The molecule has 1 rings (SSSR count). The summed E-state index contributed by atoms with van der Waals surface area (Å²) in [6.07, 6.45) is 9.94. The van der Waals surface area contributed by atoms with E-state index in [1.54, 1.807) is 0 Å². The van der Waals surface area contributed by atoms with E-state index in [4.69, 9.17) is 0 Å². The van der Waals surface area contributed by atoms with Crippen molar-refractivity contribution in [3.05, 3.63) is 12.2 Å². The molecule has 0 saturated heterocycles. The molecular formula is C11H20. The van der Waals surface area contributed by atoms with Crippen molar-refractivity contribution in [1.29, 1.82) is 0 Å². The highest BCUT2D eigenvalue weighted by Crippen LogP contribution is 2.54. The summed E-state index contributed by atoms with van der Waals surface area (Å²) >= 11 is 0. The van der Waals surface area contributed by atoms with Crippen LogP contribution < -0.4 is 0 Å². The molecule has 0 bridgehead atoms. The predicted molar refractivity (Wildman–Crippen MR) is 50.6 cm³/mol. The summed E-state index contributed by atoms with van der Waals surface area (Å²) in [6, 6.07) is 0. The number of allylic oxidation sites excluding steroid dienone is 2. The summed E-state index contributed by atoms with van der Waals surface area (Å²) in [7, 11) is 0. The molecule has 0 aromatic carbocycles. The van der Waals surface area contributed by atoms with E-state index in [9.17, 15) is 0 Å². The lowest BCUT2D eigenvalue weighted by Gasteiger charge is -1.99. The topological polar surface area (TPSA) is 0 Å². The van der Waals surface area contributed by atoms with Gasteiger partial charge in [0, 0.05) is 0 Å². The zero-order chi connectivity index (χ0) is 8.32. The molecule has 11 heavy (non-hydrogen) atoms. The van der Waals surface area contributed by atoms with Gasteiger partial charge < -0.3 is 0 Å². The Kier molecular flexibility index (Phi) is 2.75. The van der Waals surface area contributed by atoms with Crippen LogP contribution in [0, 0.1) is 11.3 Å². The maximum absolute atomic E-state index is 2.38. The van der Waals surface area contributed by atoms with Gasteiger partial charge in [-0.1, -0.05) is 32.9 Å². The van der Waals surface area contributed by atoms with Gasteiger partial charge in [0.05, 0.1) is 0 Å². The van der Waals surface area contributed by atoms with Crippen molar-refractivity contribution in [3.63, 3.8) is 0 Å². The fourth-order valence-corrected chi connectivity index (χ4v) is 1.65. The molecule has 0 spiro atoms.